The Balaban J connectivity index is 1.97. The van der Waals surface area contributed by atoms with Gasteiger partial charge in [0.25, 0.3) is 0 Å². The number of aromatic nitrogens is 1. The van der Waals surface area contributed by atoms with Gasteiger partial charge in [0, 0.05) is 12.7 Å². The number of anilines is 1. The molecule has 6 heteroatoms. The first-order valence-electron chi connectivity index (χ1n) is 6.78. The summed E-state index contributed by atoms with van der Waals surface area (Å²) in [5.41, 5.74) is -1.58. The molecule has 112 valence electrons. The highest BCUT2D eigenvalue weighted by Gasteiger charge is 2.33. The number of alkyl halides is 3. The molecule has 0 saturated heterocycles. The molecule has 1 aromatic heterocycles. The monoisotopic (exact) mass is 288 g/mol. The van der Waals surface area contributed by atoms with E-state index in [0.29, 0.717) is 18.8 Å². The van der Waals surface area contributed by atoms with Gasteiger partial charge in [0.05, 0.1) is 11.2 Å². The molecule has 0 amide bonds. The Labute approximate surface area is 116 Å². The zero-order valence-corrected chi connectivity index (χ0v) is 11.4. The topological polar surface area (TPSA) is 45.1 Å². The summed E-state index contributed by atoms with van der Waals surface area (Å²) >= 11 is 0. The maximum atomic E-state index is 12.6. The molecule has 0 unspecified atom stereocenters. The average molecular weight is 288 g/mol. The predicted octanol–water partition coefficient (Wildman–Crippen LogP) is 3.45. The number of nitrogens with zero attached hydrogens (tertiary/aromatic N) is 1. The van der Waals surface area contributed by atoms with Crippen molar-refractivity contribution in [3.05, 3.63) is 23.9 Å². The van der Waals surface area contributed by atoms with Crippen LogP contribution in [0.5, 0.6) is 0 Å². The molecule has 20 heavy (non-hydrogen) atoms. The number of rotatable bonds is 3. The molecule has 0 aromatic carbocycles. The highest BCUT2D eigenvalue weighted by molar-refractivity contribution is 5.39. The van der Waals surface area contributed by atoms with Crippen LogP contribution < -0.4 is 5.32 Å². The molecule has 0 bridgehead atoms. The fourth-order valence-electron chi connectivity index (χ4n) is 2.43. The van der Waals surface area contributed by atoms with Gasteiger partial charge >= 0.3 is 6.18 Å². The summed E-state index contributed by atoms with van der Waals surface area (Å²) in [6.45, 7) is 2.37. The van der Waals surface area contributed by atoms with Gasteiger partial charge in [-0.15, -0.1) is 0 Å². The summed E-state index contributed by atoms with van der Waals surface area (Å²) in [5.74, 6) is 0.744. The predicted molar refractivity (Wildman–Crippen MR) is 70.3 cm³/mol. The van der Waals surface area contributed by atoms with Gasteiger partial charge in [-0.1, -0.05) is 6.92 Å². The molecule has 1 fully saturated rings. The minimum absolute atomic E-state index is 0.145. The Kier molecular flexibility index (Phi) is 4.22. The van der Waals surface area contributed by atoms with E-state index in [4.69, 9.17) is 0 Å². The van der Waals surface area contributed by atoms with Crippen molar-refractivity contribution < 1.29 is 18.3 Å². The molecular formula is C14H19F3N2O. The van der Waals surface area contributed by atoms with Crippen molar-refractivity contribution in [1.29, 1.82) is 0 Å². The molecule has 0 atom stereocenters. The van der Waals surface area contributed by atoms with Crippen molar-refractivity contribution in [2.75, 3.05) is 11.9 Å². The summed E-state index contributed by atoms with van der Waals surface area (Å²) in [7, 11) is 0. The molecule has 2 rings (SSSR count). The van der Waals surface area contributed by atoms with Crippen LogP contribution in [-0.2, 0) is 6.18 Å². The highest BCUT2D eigenvalue weighted by atomic mass is 19.4. The fraction of sp³-hybridized carbons (Fsp3) is 0.643. The van der Waals surface area contributed by atoms with Gasteiger partial charge in [-0.05, 0) is 43.7 Å². The lowest BCUT2D eigenvalue weighted by atomic mass is 9.79. The van der Waals surface area contributed by atoms with Crippen molar-refractivity contribution in [2.24, 2.45) is 5.92 Å². The van der Waals surface area contributed by atoms with Crippen LogP contribution >= 0.6 is 0 Å². The summed E-state index contributed by atoms with van der Waals surface area (Å²) in [4.78, 5) is 3.86. The van der Waals surface area contributed by atoms with E-state index in [1.807, 2.05) is 0 Å². The Bertz CT molecular complexity index is 454. The standard InChI is InChI=1S/C14H19F3N2O/c1-10-2-5-13(20,6-3-10)9-19-12-8-11(4-7-18-12)14(15,16)17/h4,7-8,10,20H,2-3,5-6,9H2,1H3,(H,18,19). The largest absolute Gasteiger partial charge is 0.416 e. The second-order valence-electron chi connectivity index (χ2n) is 5.69. The van der Waals surface area contributed by atoms with Crippen molar-refractivity contribution in [3.8, 4) is 0 Å². The molecule has 0 radical (unpaired) electrons. The number of aliphatic hydroxyl groups is 1. The van der Waals surface area contributed by atoms with Crippen molar-refractivity contribution in [2.45, 2.75) is 44.4 Å². The third-order valence-electron chi connectivity index (χ3n) is 3.89. The van der Waals surface area contributed by atoms with Crippen LogP contribution in [0.2, 0.25) is 0 Å². The second-order valence-corrected chi connectivity index (χ2v) is 5.69. The quantitative estimate of drug-likeness (QED) is 0.895. The van der Waals surface area contributed by atoms with Gasteiger partial charge in [-0.2, -0.15) is 13.2 Å². The number of hydrogen-bond acceptors (Lipinski definition) is 3. The average Bonchev–Trinajstić information content (AvgIpc) is 2.40. The Hall–Kier alpha value is -1.30. The SMILES string of the molecule is CC1CCC(O)(CNc2cc(C(F)(F)F)ccn2)CC1. The lowest BCUT2D eigenvalue weighted by Crippen LogP contribution is -2.40. The summed E-state index contributed by atoms with van der Waals surface area (Å²) in [6.07, 6.45) is -0.0443. The van der Waals surface area contributed by atoms with Crippen LogP contribution in [0, 0.1) is 5.92 Å². The van der Waals surface area contributed by atoms with Gasteiger partial charge in [0.15, 0.2) is 0 Å². The molecule has 1 saturated carbocycles. The number of halogens is 3. The maximum absolute atomic E-state index is 12.6. The molecule has 3 nitrogen and oxygen atoms in total. The van der Waals surface area contributed by atoms with Gasteiger partial charge in [0.2, 0.25) is 0 Å². The summed E-state index contributed by atoms with van der Waals surface area (Å²) in [5, 5.41) is 13.2. The second kappa shape index (κ2) is 5.60. The Morgan fingerprint density at radius 1 is 1.40 bits per heavy atom. The van der Waals surface area contributed by atoms with Crippen LogP contribution in [0.25, 0.3) is 0 Å². The van der Waals surface area contributed by atoms with E-state index < -0.39 is 17.3 Å². The van der Waals surface area contributed by atoms with E-state index in [2.05, 4.69) is 17.2 Å². The van der Waals surface area contributed by atoms with Gasteiger partial charge in [-0.25, -0.2) is 4.98 Å². The first-order chi connectivity index (χ1) is 9.28. The van der Waals surface area contributed by atoms with Crippen LogP contribution in [0.15, 0.2) is 18.3 Å². The van der Waals surface area contributed by atoms with Gasteiger partial charge < -0.3 is 10.4 Å². The van der Waals surface area contributed by atoms with Crippen LogP contribution in [-0.4, -0.2) is 22.2 Å². The minimum atomic E-state index is -4.38. The van der Waals surface area contributed by atoms with Crippen molar-refractivity contribution >= 4 is 5.82 Å². The first-order valence-corrected chi connectivity index (χ1v) is 6.78. The highest BCUT2D eigenvalue weighted by Crippen LogP contribution is 2.33. The van der Waals surface area contributed by atoms with E-state index >= 15 is 0 Å². The molecule has 0 spiro atoms. The van der Waals surface area contributed by atoms with Gasteiger partial charge in [0.1, 0.15) is 5.82 Å². The Morgan fingerprint density at radius 3 is 2.65 bits per heavy atom. The third-order valence-corrected chi connectivity index (χ3v) is 3.89. The normalized spacial score (nSPS) is 27.4. The molecule has 0 aliphatic heterocycles. The molecule has 1 aromatic rings. The maximum Gasteiger partial charge on any atom is 0.416 e. The number of hydrogen-bond donors (Lipinski definition) is 2. The molecule has 1 aliphatic rings. The lowest BCUT2D eigenvalue weighted by Gasteiger charge is -2.35. The summed E-state index contributed by atoms with van der Waals surface area (Å²) < 4.78 is 37.7. The van der Waals surface area contributed by atoms with E-state index in [0.717, 1.165) is 31.2 Å². The van der Waals surface area contributed by atoms with Crippen LogP contribution in [0.4, 0.5) is 19.0 Å². The van der Waals surface area contributed by atoms with E-state index in [9.17, 15) is 18.3 Å². The molecular weight excluding hydrogens is 269 g/mol. The van der Waals surface area contributed by atoms with Crippen molar-refractivity contribution in [3.63, 3.8) is 0 Å². The fourth-order valence-corrected chi connectivity index (χ4v) is 2.43. The Morgan fingerprint density at radius 2 is 2.05 bits per heavy atom. The minimum Gasteiger partial charge on any atom is -0.388 e. The zero-order valence-electron chi connectivity index (χ0n) is 11.4. The number of pyridine rings is 1. The van der Waals surface area contributed by atoms with Gasteiger partial charge in [-0.3, -0.25) is 0 Å². The van der Waals surface area contributed by atoms with E-state index in [1.54, 1.807) is 0 Å². The van der Waals surface area contributed by atoms with E-state index in [-0.39, 0.29) is 12.4 Å². The lowest BCUT2D eigenvalue weighted by molar-refractivity contribution is -0.137. The molecule has 1 heterocycles. The smallest absolute Gasteiger partial charge is 0.388 e. The first kappa shape index (κ1) is 15.1. The van der Waals surface area contributed by atoms with Crippen molar-refractivity contribution in [1.82, 2.24) is 4.98 Å². The third kappa shape index (κ3) is 3.85. The van der Waals surface area contributed by atoms with E-state index in [1.165, 1.54) is 0 Å². The van der Waals surface area contributed by atoms with Crippen LogP contribution in [0.1, 0.15) is 38.2 Å². The molecule has 2 N–H and O–H groups in total. The zero-order chi connectivity index (χ0) is 14.8. The number of nitrogens with one attached hydrogen (secondary N) is 1. The molecule has 1 aliphatic carbocycles. The summed E-state index contributed by atoms with van der Waals surface area (Å²) in [6, 6.07) is 1.90. The van der Waals surface area contributed by atoms with Crippen LogP contribution in [0.3, 0.4) is 0 Å².